The number of nitrogens with zero attached hydrogens (tertiary/aromatic N) is 2. The summed E-state index contributed by atoms with van der Waals surface area (Å²) in [5.41, 5.74) is 0.478. The molecule has 19 heavy (non-hydrogen) atoms. The zero-order valence-corrected chi connectivity index (χ0v) is 11.1. The molecule has 1 aromatic carbocycles. The molecule has 2 aliphatic rings. The van der Waals surface area contributed by atoms with Crippen LogP contribution in [0.25, 0.3) is 0 Å². The average molecular weight is 266 g/mol. The van der Waals surface area contributed by atoms with Crippen molar-refractivity contribution in [2.75, 3.05) is 26.2 Å². The zero-order chi connectivity index (χ0) is 13.2. The molecule has 0 aliphatic carbocycles. The topological polar surface area (TPSA) is 6.48 Å². The molecule has 0 N–H and O–H groups in total. The van der Waals surface area contributed by atoms with E-state index in [0.717, 1.165) is 26.1 Å². The second kappa shape index (κ2) is 5.55. The lowest BCUT2D eigenvalue weighted by molar-refractivity contribution is 0.213. The monoisotopic (exact) mass is 266 g/mol. The van der Waals surface area contributed by atoms with E-state index in [1.165, 1.54) is 25.5 Å². The van der Waals surface area contributed by atoms with E-state index in [-0.39, 0.29) is 0 Å². The van der Waals surface area contributed by atoms with E-state index < -0.39 is 11.6 Å². The first kappa shape index (κ1) is 13.0. The molecule has 3 rings (SSSR count). The smallest absolute Gasteiger partial charge is 0.163 e. The first-order valence-electron chi connectivity index (χ1n) is 7.13. The number of benzene rings is 1. The molecule has 0 unspecified atom stereocenters. The Morgan fingerprint density at radius 1 is 1.11 bits per heavy atom. The fraction of sp³-hybridized carbons (Fsp3) is 0.600. The molecule has 0 saturated carbocycles. The molecular formula is C15H20F2N2. The van der Waals surface area contributed by atoms with Gasteiger partial charge < -0.3 is 0 Å². The lowest BCUT2D eigenvalue weighted by Gasteiger charge is -2.25. The van der Waals surface area contributed by atoms with Gasteiger partial charge in [-0.3, -0.25) is 9.80 Å². The Kier molecular flexibility index (Phi) is 3.80. The molecule has 104 valence electrons. The van der Waals surface area contributed by atoms with E-state index in [1.807, 2.05) is 0 Å². The summed E-state index contributed by atoms with van der Waals surface area (Å²) < 4.78 is 26.9. The Hall–Kier alpha value is -1.00. The van der Waals surface area contributed by atoms with E-state index in [4.69, 9.17) is 0 Å². The molecule has 2 heterocycles. The molecule has 1 atom stereocenters. The molecule has 0 radical (unpaired) electrons. The highest BCUT2D eigenvalue weighted by molar-refractivity contribution is 5.18. The number of hydrogen-bond acceptors (Lipinski definition) is 2. The van der Waals surface area contributed by atoms with Gasteiger partial charge in [-0.1, -0.05) is 12.1 Å². The molecule has 2 aliphatic heterocycles. The van der Waals surface area contributed by atoms with Crippen molar-refractivity contribution in [3.05, 3.63) is 35.4 Å². The summed E-state index contributed by atoms with van der Waals surface area (Å²) in [6.45, 7) is 4.83. The van der Waals surface area contributed by atoms with Gasteiger partial charge in [0.25, 0.3) is 0 Å². The van der Waals surface area contributed by atoms with Gasteiger partial charge in [0, 0.05) is 24.7 Å². The fourth-order valence-corrected chi connectivity index (χ4v) is 3.34. The standard InChI is InChI=1S/C15H20F2N2/c16-14-6-1-4-12(15(14)17)10-18-7-3-9-19-8-2-5-13(19)11-18/h1,4,6,13H,2-3,5,7-11H2/t13-/m1/s1. The normalized spacial score (nSPS) is 25.3. The van der Waals surface area contributed by atoms with E-state index in [1.54, 1.807) is 12.1 Å². The van der Waals surface area contributed by atoms with Crippen LogP contribution in [0.3, 0.4) is 0 Å². The largest absolute Gasteiger partial charge is 0.299 e. The van der Waals surface area contributed by atoms with Crippen LogP contribution in [0.2, 0.25) is 0 Å². The Morgan fingerprint density at radius 2 is 1.95 bits per heavy atom. The van der Waals surface area contributed by atoms with Crippen molar-refractivity contribution >= 4 is 0 Å². The minimum absolute atomic E-state index is 0.478. The van der Waals surface area contributed by atoms with Gasteiger partial charge in [0.2, 0.25) is 0 Å². The van der Waals surface area contributed by atoms with Crippen molar-refractivity contribution in [1.82, 2.24) is 9.80 Å². The highest BCUT2D eigenvalue weighted by Gasteiger charge is 2.28. The molecule has 2 fully saturated rings. The third-order valence-electron chi connectivity index (χ3n) is 4.31. The molecule has 4 heteroatoms. The van der Waals surface area contributed by atoms with Crippen LogP contribution in [0.15, 0.2) is 18.2 Å². The van der Waals surface area contributed by atoms with Gasteiger partial charge in [0.1, 0.15) is 0 Å². The Balaban J connectivity index is 1.70. The summed E-state index contributed by atoms with van der Waals surface area (Å²) in [5.74, 6) is -1.43. The van der Waals surface area contributed by atoms with Gasteiger partial charge in [-0.25, -0.2) is 8.78 Å². The molecule has 0 aromatic heterocycles. The van der Waals surface area contributed by atoms with Gasteiger partial charge in [-0.2, -0.15) is 0 Å². The van der Waals surface area contributed by atoms with E-state index >= 15 is 0 Å². The van der Waals surface area contributed by atoms with Crippen LogP contribution < -0.4 is 0 Å². The van der Waals surface area contributed by atoms with Gasteiger partial charge in [-0.05, 0) is 45.0 Å². The van der Waals surface area contributed by atoms with Gasteiger partial charge in [0.05, 0.1) is 0 Å². The van der Waals surface area contributed by atoms with Crippen LogP contribution in [0.5, 0.6) is 0 Å². The maximum atomic E-state index is 13.7. The summed E-state index contributed by atoms with van der Waals surface area (Å²) in [6.07, 6.45) is 3.63. The molecule has 0 spiro atoms. The maximum Gasteiger partial charge on any atom is 0.163 e. The Morgan fingerprint density at radius 3 is 2.84 bits per heavy atom. The third-order valence-corrected chi connectivity index (χ3v) is 4.31. The van der Waals surface area contributed by atoms with Gasteiger partial charge in [0.15, 0.2) is 11.6 Å². The molecule has 2 nitrogen and oxygen atoms in total. The van der Waals surface area contributed by atoms with Crippen LogP contribution in [-0.2, 0) is 6.54 Å². The highest BCUT2D eigenvalue weighted by Crippen LogP contribution is 2.23. The van der Waals surface area contributed by atoms with E-state index in [2.05, 4.69) is 9.80 Å². The van der Waals surface area contributed by atoms with Crippen LogP contribution in [0, 0.1) is 11.6 Å². The van der Waals surface area contributed by atoms with Crippen LogP contribution >= 0.6 is 0 Å². The SMILES string of the molecule is Fc1cccc(CN2CCCN3CCC[C@@H]3C2)c1F. The molecule has 0 amide bonds. The molecule has 0 bridgehead atoms. The summed E-state index contributed by atoms with van der Waals surface area (Å²) in [4.78, 5) is 4.82. The lowest BCUT2D eigenvalue weighted by Crippen LogP contribution is -2.36. The highest BCUT2D eigenvalue weighted by atomic mass is 19.2. The zero-order valence-electron chi connectivity index (χ0n) is 11.1. The summed E-state index contributed by atoms with van der Waals surface area (Å²) >= 11 is 0. The van der Waals surface area contributed by atoms with Crippen molar-refractivity contribution in [3.8, 4) is 0 Å². The first-order valence-corrected chi connectivity index (χ1v) is 7.13. The summed E-state index contributed by atoms with van der Waals surface area (Å²) in [6, 6.07) is 5.07. The Bertz CT molecular complexity index is 450. The van der Waals surface area contributed by atoms with E-state index in [9.17, 15) is 8.78 Å². The van der Waals surface area contributed by atoms with Crippen LogP contribution in [0.1, 0.15) is 24.8 Å². The Labute approximate surface area is 113 Å². The number of halogens is 2. The average Bonchev–Trinajstić information content (AvgIpc) is 2.74. The second-order valence-corrected chi connectivity index (χ2v) is 5.63. The van der Waals surface area contributed by atoms with Gasteiger partial charge >= 0.3 is 0 Å². The second-order valence-electron chi connectivity index (χ2n) is 5.63. The van der Waals surface area contributed by atoms with Crippen molar-refractivity contribution in [2.24, 2.45) is 0 Å². The van der Waals surface area contributed by atoms with Crippen molar-refractivity contribution in [2.45, 2.75) is 31.8 Å². The van der Waals surface area contributed by atoms with Crippen LogP contribution in [0.4, 0.5) is 8.78 Å². The molecular weight excluding hydrogens is 246 g/mol. The van der Waals surface area contributed by atoms with Crippen molar-refractivity contribution in [1.29, 1.82) is 0 Å². The number of hydrogen-bond donors (Lipinski definition) is 0. The van der Waals surface area contributed by atoms with Crippen LogP contribution in [-0.4, -0.2) is 42.0 Å². The van der Waals surface area contributed by atoms with E-state index in [0.29, 0.717) is 18.2 Å². The minimum Gasteiger partial charge on any atom is -0.299 e. The van der Waals surface area contributed by atoms with Crippen molar-refractivity contribution in [3.63, 3.8) is 0 Å². The minimum atomic E-state index is -0.741. The molecule has 1 aromatic rings. The lowest BCUT2D eigenvalue weighted by atomic mass is 10.1. The third kappa shape index (κ3) is 2.79. The predicted octanol–water partition coefficient (Wildman–Crippen LogP) is 2.63. The fourth-order valence-electron chi connectivity index (χ4n) is 3.34. The predicted molar refractivity (Wildman–Crippen MR) is 70.8 cm³/mol. The number of rotatable bonds is 2. The van der Waals surface area contributed by atoms with Gasteiger partial charge in [-0.15, -0.1) is 0 Å². The molecule has 2 saturated heterocycles. The summed E-state index contributed by atoms with van der Waals surface area (Å²) in [7, 11) is 0. The van der Waals surface area contributed by atoms with Crippen molar-refractivity contribution < 1.29 is 8.78 Å². The quantitative estimate of drug-likeness (QED) is 0.812. The maximum absolute atomic E-state index is 13.7. The first-order chi connectivity index (χ1) is 9.24. The number of fused-ring (bicyclic) bond motifs is 1. The summed E-state index contributed by atoms with van der Waals surface area (Å²) in [5, 5.41) is 0.